The van der Waals surface area contributed by atoms with Crippen LogP contribution in [0.1, 0.15) is 28.8 Å². The van der Waals surface area contributed by atoms with E-state index in [1.54, 1.807) is 0 Å². The van der Waals surface area contributed by atoms with Gasteiger partial charge >= 0.3 is 0 Å². The van der Waals surface area contributed by atoms with Crippen molar-refractivity contribution in [1.29, 1.82) is 0 Å². The molecule has 3 aromatic carbocycles. The van der Waals surface area contributed by atoms with Crippen LogP contribution in [0.15, 0.2) is 64.7 Å². The van der Waals surface area contributed by atoms with E-state index in [4.69, 9.17) is 0 Å². The van der Waals surface area contributed by atoms with Crippen LogP contribution in [0.3, 0.4) is 0 Å². The standard InChI is InChI=1S/C21H14O5/c1-3-14(22)17(15(23)4-2)13-9-10-16(24)19-18(13)20(25)11-5-7-12(8-6-11)21(19)26/h3-8H,1-2,9-10H2. The Morgan fingerprint density at radius 2 is 1.23 bits per heavy atom. The van der Waals surface area contributed by atoms with Crippen molar-refractivity contribution < 1.29 is 14.4 Å². The minimum atomic E-state index is -0.678. The monoisotopic (exact) mass is 346 g/mol. The Morgan fingerprint density at radius 3 is 1.69 bits per heavy atom. The van der Waals surface area contributed by atoms with Crippen molar-refractivity contribution in [3.63, 3.8) is 0 Å². The zero-order chi connectivity index (χ0) is 19.0. The van der Waals surface area contributed by atoms with Crippen molar-refractivity contribution in [1.82, 2.24) is 0 Å². The van der Waals surface area contributed by atoms with Crippen LogP contribution < -0.4 is 10.9 Å². The van der Waals surface area contributed by atoms with Crippen LogP contribution in [0.5, 0.6) is 0 Å². The van der Waals surface area contributed by atoms with Gasteiger partial charge in [-0.05, 0) is 24.1 Å². The number of carbonyl (C=O) groups is 3. The highest BCUT2D eigenvalue weighted by molar-refractivity contribution is 6.32. The third kappa shape index (κ3) is 2.54. The molecule has 128 valence electrons. The summed E-state index contributed by atoms with van der Waals surface area (Å²) in [6, 6.07) is 5.94. The molecule has 0 radical (unpaired) electrons. The molecule has 0 saturated carbocycles. The summed E-state index contributed by atoms with van der Waals surface area (Å²) in [6.07, 6.45) is 1.87. The first-order chi connectivity index (χ1) is 12.4. The van der Waals surface area contributed by atoms with Gasteiger partial charge in [-0.1, -0.05) is 37.4 Å². The molecule has 3 aromatic rings. The summed E-state index contributed by atoms with van der Waals surface area (Å²) in [6.45, 7) is 6.76. The van der Waals surface area contributed by atoms with Gasteiger partial charge in [-0.25, -0.2) is 0 Å². The molecule has 1 aliphatic carbocycles. The van der Waals surface area contributed by atoms with Crippen molar-refractivity contribution in [2.75, 3.05) is 0 Å². The molecule has 0 amide bonds. The lowest BCUT2D eigenvalue weighted by atomic mass is 9.81. The third-order valence-electron chi connectivity index (χ3n) is 4.46. The maximum Gasteiger partial charge on any atom is 0.197 e. The second-order valence-electron chi connectivity index (χ2n) is 5.90. The topological polar surface area (TPSA) is 85.3 Å². The highest BCUT2D eigenvalue weighted by Crippen LogP contribution is 2.31. The van der Waals surface area contributed by atoms with Crippen LogP contribution in [0.2, 0.25) is 0 Å². The second kappa shape index (κ2) is 6.44. The van der Waals surface area contributed by atoms with Gasteiger partial charge in [0.2, 0.25) is 0 Å². The minimum Gasteiger partial charge on any atom is -0.294 e. The van der Waals surface area contributed by atoms with E-state index in [-0.39, 0.29) is 45.9 Å². The molecule has 5 heteroatoms. The van der Waals surface area contributed by atoms with Crippen LogP contribution in [-0.2, 0) is 9.59 Å². The van der Waals surface area contributed by atoms with E-state index in [2.05, 4.69) is 13.2 Å². The predicted octanol–water partition coefficient (Wildman–Crippen LogP) is 2.24. The molecule has 2 bridgehead atoms. The lowest BCUT2D eigenvalue weighted by Crippen LogP contribution is -2.28. The van der Waals surface area contributed by atoms with Gasteiger partial charge in [-0.3, -0.25) is 24.0 Å². The van der Waals surface area contributed by atoms with Crippen molar-refractivity contribution in [3.05, 3.63) is 86.7 Å². The predicted molar refractivity (Wildman–Crippen MR) is 98.6 cm³/mol. The normalized spacial score (nSPS) is 13.2. The summed E-state index contributed by atoms with van der Waals surface area (Å²) < 4.78 is 0. The number of carbonyl (C=O) groups excluding carboxylic acids is 3. The smallest absolute Gasteiger partial charge is 0.197 e. The maximum absolute atomic E-state index is 13.0. The Kier molecular flexibility index (Phi) is 4.30. The number of allylic oxidation sites excluding steroid dienone is 4. The lowest BCUT2D eigenvalue weighted by Gasteiger charge is -2.19. The van der Waals surface area contributed by atoms with E-state index in [0.29, 0.717) is 0 Å². The molecule has 0 aliphatic heterocycles. The molecule has 0 atom stereocenters. The Morgan fingerprint density at radius 1 is 0.769 bits per heavy atom. The number of fused-ring (bicyclic) bond motifs is 2. The molecular weight excluding hydrogens is 332 g/mol. The number of benzene rings is 1. The van der Waals surface area contributed by atoms with Gasteiger partial charge in [0, 0.05) is 22.8 Å². The fourth-order valence-corrected chi connectivity index (χ4v) is 3.20. The van der Waals surface area contributed by atoms with Gasteiger partial charge < -0.3 is 0 Å². The average Bonchev–Trinajstić information content (AvgIpc) is 2.66. The van der Waals surface area contributed by atoms with E-state index in [1.165, 1.54) is 24.3 Å². The highest BCUT2D eigenvalue weighted by atomic mass is 16.2. The van der Waals surface area contributed by atoms with Gasteiger partial charge in [0.15, 0.2) is 28.2 Å². The first-order valence-electron chi connectivity index (χ1n) is 7.94. The molecule has 0 aromatic heterocycles. The molecule has 0 unspecified atom stereocenters. The summed E-state index contributed by atoms with van der Waals surface area (Å²) in [5, 5.41) is 0.549. The molecule has 0 spiro atoms. The molecule has 0 heterocycles. The third-order valence-corrected chi connectivity index (χ3v) is 4.46. The largest absolute Gasteiger partial charge is 0.294 e. The quantitative estimate of drug-likeness (QED) is 0.481. The van der Waals surface area contributed by atoms with Crippen molar-refractivity contribution in [3.8, 4) is 0 Å². The van der Waals surface area contributed by atoms with Crippen molar-refractivity contribution in [2.45, 2.75) is 12.8 Å². The fraction of sp³-hybridized carbons (Fsp3) is 0.0952. The van der Waals surface area contributed by atoms with E-state index < -0.39 is 28.2 Å². The molecular formula is C21H14O5. The molecule has 0 N–H and O–H groups in total. The van der Waals surface area contributed by atoms with Gasteiger partial charge in [0.1, 0.15) is 0 Å². The number of rotatable bonds is 4. The van der Waals surface area contributed by atoms with Crippen molar-refractivity contribution >= 4 is 33.7 Å². The molecule has 0 saturated heterocycles. The van der Waals surface area contributed by atoms with Gasteiger partial charge in [0.05, 0.1) is 11.1 Å². The fourth-order valence-electron chi connectivity index (χ4n) is 3.20. The van der Waals surface area contributed by atoms with Gasteiger partial charge in [-0.15, -0.1) is 0 Å². The van der Waals surface area contributed by atoms with Crippen LogP contribution in [0, 0.1) is 0 Å². The first kappa shape index (κ1) is 17.4. The van der Waals surface area contributed by atoms with Crippen LogP contribution in [0.4, 0.5) is 0 Å². The zero-order valence-electron chi connectivity index (χ0n) is 13.8. The minimum absolute atomic E-state index is 0.0151. The molecule has 26 heavy (non-hydrogen) atoms. The molecule has 1 aliphatic rings. The SMILES string of the molecule is C=CC(=O)C(C(=O)C=C)=C1CCC(=O)c2c1c(=O)c1ccc(cc1)c2=O. The number of Topliss-reactive ketones (excluding diaryl/α,β-unsaturated/α-hetero) is 1. The van der Waals surface area contributed by atoms with E-state index in [1.807, 2.05) is 0 Å². The van der Waals surface area contributed by atoms with E-state index in [9.17, 15) is 24.0 Å². The second-order valence-corrected chi connectivity index (χ2v) is 5.90. The zero-order valence-corrected chi connectivity index (χ0v) is 13.8. The van der Waals surface area contributed by atoms with Crippen LogP contribution in [0.25, 0.3) is 16.3 Å². The lowest BCUT2D eigenvalue weighted by molar-refractivity contribution is -0.116. The summed E-state index contributed by atoms with van der Waals surface area (Å²) in [5.74, 6) is -1.83. The van der Waals surface area contributed by atoms with Crippen LogP contribution in [-0.4, -0.2) is 17.3 Å². The summed E-state index contributed by atoms with van der Waals surface area (Å²) >= 11 is 0. The van der Waals surface area contributed by atoms with Crippen molar-refractivity contribution in [2.24, 2.45) is 0 Å². The average molecular weight is 346 g/mol. The summed E-state index contributed by atoms with van der Waals surface area (Å²) in [7, 11) is 0. The van der Waals surface area contributed by atoms with Crippen LogP contribution >= 0.6 is 0 Å². The Bertz CT molecular complexity index is 1110. The molecule has 5 nitrogen and oxygen atoms in total. The number of hydrogen-bond donors (Lipinski definition) is 0. The molecule has 0 fully saturated rings. The number of ketones is 3. The maximum atomic E-state index is 13.0. The highest BCUT2D eigenvalue weighted by Gasteiger charge is 2.31. The van der Waals surface area contributed by atoms with Gasteiger partial charge in [-0.2, -0.15) is 0 Å². The Labute approximate surface area is 148 Å². The summed E-state index contributed by atoms with van der Waals surface area (Å²) in [5.41, 5.74) is -1.73. The number of hydrogen-bond acceptors (Lipinski definition) is 5. The first-order valence-corrected chi connectivity index (χ1v) is 7.94. The molecule has 4 rings (SSSR count). The van der Waals surface area contributed by atoms with E-state index >= 15 is 0 Å². The Hall–Kier alpha value is -3.47. The van der Waals surface area contributed by atoms with E-state index in [0.717, 1.165) is 12.2 Å². The Balaban J connectivity index is 2.61. The summed E-state index contributed by atoms with van der Waals surface area (Å²) in [4.78, 5) is 62.8. The van der Waals surface area contributed by atoms with Gasteiger partial charge in [0.25, 0.3) is 0 Å².